The molecule has 0 radical (unpaired) electrons. The summed E-state index contributed by atoms with van der Waals surface area (Å²) >= 11 is 0. The minimum Gasteiger partial charge on any atom is -0.497 e. The van der Waals surface area contributed by atoms with Gasteiger partial charge in [-0.05, 0) is 36.6 Å². The van der Waals surface area contributed by atoms with Crippen LogP contribution in [0.4, 0.5) is 5.82 Å². The van der Waals surface area contributed by atoms with Gasteiger partial charge in [0.1, 0.15) is 17.3 Å². The predicted molar refractivity (Wildman–Crippen MR) is 110 cm³/mol. The first-order valence-electron chi connectivity index (χ1n) is 9.16. The van der Waals surface area contributed by atoms with Crippen LogP contribution in [0.2, 0.25) is 0 Å². The molecule has 0 aliphatic rings. The molecule has 3 aromatic rings. The van der Waals surface area contributed by atoms with Crippen molar-refractivity contribution >= 4 is 11.7 Å². The normalized spacial score (nSPS) is 10.4. The monoisotopic (exact) mass is 376 g/mol. The molecule has 1 amide bonds. The van der Waals surface area contributed by atoms with Crippen LogP contribution in [0.25, 0.3) is 0 Å². The molecule has 0 spiro atoms. The topological polar surface area (TPSA) is 76.1 Å². The highest BCUT2D eigenvalue weighted by molar-refractivity contribution is 5.92. The Labute approximate surface area is 165 Å². The van der Waals surface area contributed by atoms with Crippen LogP contribution in [0.15, 0.2) is 60.9 Å². The highest BCUT2D eigenvalue weighted by Crippen LogP contribution is 2.12. The largest absolute Gasteiger partial charge is 0.497 e. The second kappa shape index (κ2) is 9.50. The lowest BCUT2D eigenvalue weighted by Crippen LogP contribution is -2.26. The van der Waals surface area contributed by atoms with Crippen molar-refractivity contribution in [3.05, 3.63) is 83.3 Å². The van der Waals surface area contributed by atoms with E-state index in [-0.39, 0.29) is 5.91 Å². The second-order valence-corrected chi connectivity index (χ2v) is 6.48. The quantitative estimate of drug-likeness (QED) is 0.630. The Kier molecular flexibility index (Phi) is 6.57. The third-order valence-electron chi connectivity index (χ3n) is 4.31. The summed E-state index contributed by atoms with van der Waals surface area (Å²) in [5.41, 5.74) is 3.78. The Hall–Kier alpha value is -3.41. The van der Waals surface area contributed by atoms with Gasteiger partial charge >= 0.3 is 0 Å². The van der Waals surface area contributed by atoms with E-state index in [9.17, 15) is 4.79 Å². The van der Waals surface area contributed by atoms with Gasteiger partial charge in [-0.2, -0.15) is 0 Å². The zero-order valence-electron chi connectivity index (χ0n) is 16.1. The Morgan fingerprint density at radius 2 is 1.86 bits per heavy atom. The maximum absolute atomic E-state index is 12.2. The lowest BCUT2D eigenvalue weighted by Gasteiger charge is -2.08. The molecule has 0 unspecified atom stereocenters. The van der Waals surface area contributed by atoms with Gasteiger partial charge in [-0.25, -0.2) is 9.97 Å². The smallest absolute Gasteiger partial charge is 0.271 e. The summed E-state index contributed by atoms with van der Waals surface area (Å²) in [6.07, 6.45) is 3.77. The average molecular weight is 376 g/mol. The van der Waals surface area contributed by atoms with Crippen molar-refractivity contribution in [3.63, 3.8) is 0 Å². The van der Waals surface area contributed by atoms with Crippen molar-refractivity contribution in [1.82, 2.24) is 15.3 Å². The lowest BCUT2D eigenvalue weighted by atomic mass is 10.1. The molecule has 1 aromatic heterocycles. The van der Waals surface area contributed by atoms with Crippen molar-refractivity contribution in [2.45, 2.75) is 19.9 Å². The van der Waals surface area contributed by atoms with Crippen LogP contribution >= 0.6 is 0 Å². The summed E-state index contributed by atoms with van der Waals surface area (Å²) < 4.78 is 5.20. The van der Waals surface area contributed by atoms with E-state index in [1.165, 1.54) is 11.8 Å². The number of rotatable bonds is 8. The van der Waals surface area contributed by atoms with Crippen LogP contribution in [0.3, 0.4) is 0 Å². The van der Waals surface area contributed by atoms with Crippen LogP contribution < -0.4 is 15.4 Å². The number of hydrogen-bond donors (Lipinski definition) is 2. The van der Waals surface area contributed by atoms with E-state index in [0.717, 1.165) is 16.9 Å². The number of carbonyl (C=O) groups excluding carboxylic acids is 1. The molecule has 0 bridgehead atoms. The van der Waals surface area contributed by atoms with Crippen molar-refractivity contribution < 1.29 is 9.53 Å². The molecule has 0 atom stereocenters. The number of nitrogens with zero attached hydrogens (tertiary/aromatic N) is 2. The first kappa shape index (κ1) is 19.4. The predicted octanol–water partition coefficient (Wildman–Crippen LogP) is 3.38. The number of carbonyl (C=O) groups is 1. The van der Waals surface area contributed by atoms with Crippen LogP contribution in [0.5, 0.6) is 5.75 Å². The zero-order chi connectivity index (χ0) is 19.8. The van der Waals surface area contributed by atoms with E-state index in [1.54, 1.807) is 13.3 Å². The first-order valence-corrected chi connectivity index (χ1v) is 9.16. The van der Waals surface area contributed by atoms with E-state index in [2.05, 4.69) is 51.8 Å². The van der Waals surface area contributed by atoms with Gasteiger partial charge in [-0.1, -0.05) is 42.0 Å². The van der Waals surface area contributed by atoms with Crippen LogP contribution in [-0.2, 0) is 13.0 Å². The minimum absolute atomic E-state index is 0.236. The Morgan fingerprint density at radius 1 is 1.04 bits per heavy atom. The molecule has 2 aromatic carbocycles. The number of nitrogens with one attached hydrogen (secondary N) is 2. The van der Waals surface area contributed by atoms with Crippen LogP contribution in [0.1, 0.15) is 27.2 Å². The number of aryl methyl sites for hydroxylation is 1. The summed E-state index contributed by atoms with van der Waals surface area (Å²) in [6, 6.07) is 16.1. The fraction of sp³-hybridized carbons (Fsp3) is 0.227. The van der Waals surface area contributed by atoms with Gasteiger partial charge in [0.25, 0.3) is 5.91 Å². The number of anilines is 1. The zero-order valence-corrected chi connectivity index (χ0v) is 16.1. The molecule has 6 heteroatoms. The number of hydrogen-bond acceptors (Lipinski definition) is 5. The molecule has 0 aliphatic carbocycles. The van der Waals surface area contributed by atoms with E-state index >= 15 is 0 Å². The highest BCUT2D eigenvalue weighted by atomic mass is 16.5. The summed E-state index contributed by atoms with van der Waals surface area (Å²) in [7, 11) is 1.64. The van der Waals surface area contributed by atoms with Crippen molar-refractivity contribution in [2.24, 2.45) is 0 Å². The van der Waals surface area contributed by atoms with Gasteiger partial charge in [0, 0.05) is 13.1 Å². The molecule has 3 rings (SSSR count). The average Bonchev–Trinajstić information content (AvgIpc) is 2.74. The summed E-state index contributed by atoms with van der Waals surface area (Å²) in [5, 5.41) is 6.07. The molecule has 6 nitrogen and oxygen atoms in total. The summed E-state index contributed by atoms with van der Waals surface area (Å²) in [6.45, 7) is 3.23. The highest BCUT2D eigenvalue weighted by Gasteiger charge is 2.08. The number of amides is 1. The van der Waals surface area contributed by atoms with Gasteiger partial charge < -0.3 is 15.4 Å². The molecule has 0 aliphatic heterocycles. The fourth-order valence-electron chi connectivity index (χ4n) is 2.67. The molecule has 28 heavy (non-hydrogen) atoms. The van der Waals surface area contributed by atoms with Crippen molar-refractivity contribution in [3.8, 4) is 5.75 Å². The molecule has 0 saturated heterocycles. The molecule has 144 valence electrons. The van der Waals surface area contributed by atoms with E-state index < -0.39 is 0 Å². The maximum atomic E-state index is 12.2. The maximum Gasteiger partial charge on any atom is 0.271 e. The summed E-state index contributed by atoms with van der Waals surface area (Å²) in [4.78, 5) is 20.7. The van der Waals surface area contributed by atoms with Gasteiger partial charge in [-0.3, -0.25) is 4.79 Å². The van der Waals surface area contributed by atoms with Crippen molar-refractivity contribution in [2.75, 3.05) is 19.0 Å². The minimum atomic E-state index is -0.236. The Morgan fingerprint density at radius 3 is 2.57 bits per heavy atom. The molecule has 2 N–H and O–H groups in total. The fourth-order valence-corrected chi connectivity index (χ4v) is 2.67. The van der Waals surface area contributed by atoms with E-state index in [4.69, 9.17) is 4.74 Å². The lowest BCUT2D eigenvalue weighted by molar-refractivity contribution is 0.0949. The standard InChI is InChI=1S/C22H24N4O2/c1-16-6-8-18(9-7-16)13-25-21-15-24-20(14-26-21)22(27)23-11-10-17-4-3-5-19(12-17)28-2/h3-9,12,14-15H,10-11,13H2,1-2H3,(H,23,27)(H,25,26). The number of benzene rings is 2. The molecular formula is C22H24N4O2. The van der Waals surface area contributed by atoms with E-state index in [0.29, 0.717) is 31.0 Å². The van der Waals surface area contributed by atoms with Crippen LogP contribution in [-0.4, -0.2) is 29.5 Å². The van der Waals surface area contributed by atoms with Gasteiger partial charge in [0.15, 0.2) is 0 Å². The van der Waals surface area contributed by atoms with Gasteiger partial charge in [0.2, 0.25) is 0 Å². The SMILES string of the molecule is COc1cccc(CCNC(=O)c2cnc(NCc3ccc(C)cc3)cn2)c1. The number of ether oxygens (including phenoxy) is 1. The number of aromatic nitrogens is 2. The summed E-state index contributed by atoms with van der Waals surface area (Å²) in [5.74, 6) is 1.21. The van der Waals surface area contributed by atoms with Crippen LogP contribution in [0, 0.1) is 6.92 Å². The van der Waals surface area contributed by atoms with Crippen molar-refractivity contribution in [1.29, 1.82) is 0 Å². The third-order valence-corrected chi connectivity index (χ3v) is 4.31. The van der Waals surface area contributed by atoms with Gasteiger partial charge in [-0.15, -0.1) is 0 Å². The molecule has 0 saturated carbocycles. The van der Waals surface area contributed by atoms with Gasteiger partial charge in [0.05, 0.1) is 19.5 Å². The Bertz CT molecular complexity index is 909. The Balaban J connectivity index is 1.47. The van der Waals surface area contributed by atoms with E-state index in [1.807, 2.05) is 24.3 Å². The molecular weight excluding hydrogens is 352 g/mol. The first-order chi connectivity index (χ1) is 13.6. The third kappa shape index (κ3) is 5.54. The second-order valence-electron chi connectivity index (χ2n) is 6.48. The molecule has 0 fully saturated rings. The molecule has 1 heterocycles. The number of methoxy groups -OCH3 is 1.